The Morgan fingerprint density at radius 2 is 2.37 bits per heavy atom. The van der Waals surface area contributed by atoms with Gasteiger partial charge in [-0.3, -0.25) is 4.79 Å². The number of hydrogen-bond acceptors (Lipinski definition) is 4. The molecule has 0 aromatic heterocycles. The molecule has 5 heteroatoms. The molecule has 0 aliphatic carbocycles. The summed E-state index contributed by atoms with van der Waals surface area (Å²) >= 11 is 0. The van der Waals surface area contributed by atoms with E-state index in [1.807, 2.05) is 19.1 Å². The van der Waals surface area contributed by atoms with Gasteiger partial charge in [0.15, 0.2) is 5.75 Å². The van der Waals surface area contributed by atoms with Crippen molar-refractivity contribution in [1.82, 2.24) is 5.32 Å². The first kappa shape index (κ1) is 13.1. The van der Waals surface area contributed by atoms with Gasteiger partial charge in [0.1, 0.15) is 6.54 Å². The number of anilines is 1. The molecular weight excluding hydrogens is 244 g/mol. The van der Waals surface area contributed by atoms with E-state index in [4.69, 9.17) is 4.74 Å². The summed E-state index contributed by atoms with van der Waals surface area (Å²) in [6, 6.07) is 5.57. The number of ether oxygens (including phenoxy) is 1. The van der Waals surface area contributed by atoms with Crippen molar-refractivity contribution in [3.63, 3.8) is 0 Å². The monoisotopic (exact) mass is 260 g/mol. The van der Waals surface area contributed by atoms with Crippen molar-refractivity contribution in [2.24, 2.45) is 0 Å². The Morgan fingerprint density at radius 3 is 3.11 bits per heavy atom. The van der Waals surface area contributed by atoms with Crippen LogP contribution in [0, 0.1) is 6.92 Å². The molecule has 0 saturated carbocycles. The highest BCUT2D eigenvalue weighted by atomic mass is 16.5. The van der Waals surface area contributed by atoms with Crippen LogP contribution in [0.4, 0.5) is 5.69 Å². The Labute approximate surface area is 111 Å². The summed E-state index contributed by atoms with van der Waals surface area (Å²) < 4.78 is 5.18. The molecule has 100 valence electrons. The van der Waals surface area contributed by atoms with Gasteiger partial charge in [0.05, 0.1) is 12.2 Å². The number of rotatable bonds is 4. The number of carbonyl (C=O) groups is 2. The summed E-state index contributed by atoms with van der Waals surface area (Å²) in [6.45, 7) is 6.07. The van der Waals surface area contributed by atoms with Crippen LogP contribution >= 0.6 is 0 Å². The molecule has 1 aromatic rings. The molecule has 1 amide bonds. The van der Waals surface area contributed by atoms with Crippen molar-refractivity contribution < 1.29 is 14.3 Å². The standard InChI is InChI=1S/C14H16N2O3/c1-3-6-15-13(17)8-16-9-14(18)19-12-7-10(2)4-5-11(12)16/h3-5,7H,1,6,8-9H2,2H3,(H,15,17). The van der Waals surface area contributed by atoms with E-state index in [9.17, 15) is 9.59 Å². The lowest BCUT2D eigenvalue weighted by atomic mass is 10.1. The van der Waals surface area contributed by atoms with Crippen molar-refractivity contribution in [3.05, 3.63) is 36.4 Å². The minimum Gasteiger partial charge on any atom is -0.423 e. The molecular formula is C14H16N2O3. The molecule has 1 aliphatic rings. The quantitative estimate of drug-likeness (QED) is 0.499. The first-order valence-electron chi connectivity index (χ1n) is 6.04. The number of hydrogen-bond donors (Lipinski definition) is 1. The SMILES string of the molecule is C=CCNC(=O)CN1CC(=O)Oc2cc(C)ccc21. The number of nitrogens with one attached hydrogen (secondary N) is 1. The van der Waals surface area contributed by atoms with E-state index in [0.717, 1.165) is 11.3 Å². The maximum absolute atomic E-state index is 11.7. The van der Waals surface area contributed by atoms with Crippen molar-refractivity contribution in [3.8, 4) is 5.75 Å². The lowest BCUT2D eigenvalue weighted by Gasteiger charge is -2.29. The fourth-order valence-electron chi connectivity index (χ4n) is 1.92. The average molecular weight is 260 g/mol. The fraction of sp³-hybridized carbons (Fsp3) is 0.286. The Hall–Kier alpha value is -2.30. The predicted molar refractivity (Wildman–Crippen MR) is 72.2 cm³/mol. The summed E-state index contributed by atoms with van der Waals surface area (Å²) in [4.78, 5) is 24.9. The molecule has 1 aliphatic heterocycles. The minimum atomic E-state index is -0.352. The molecule has 0 unspecified atom stereocenters. The highest BCUT2D eigenvalue weighted by Crippen LogP contribution is 2.32. The van der Waals surface area contributed by atoms with Crippen LogP contribution in [0.3, 0.4) is 0 Å². The topological polar surface area (TPSA) is 58.6 Å². The van der Waals surface area contributed by atoms with Crippen LogP contribution in [-0.4, -0.2) is 31.5 Å². The number of amides is 1. The lowest BCUT2D eigenvalue weighted by molar-refractivity contribution is -0.133. The maximum atomic E-state index is 11.7. The molecule has 2 rings (SSSR count). The maximum Gasteiger partial charge on any atom is 0.331 e. The molecule has 1 heterocycles. The molecule has 1 aromatic carbocycles. The molecule has 0 atom stereocenters. The first-order chi connectivity index (χ1) is 9.10. The van der Waals surface area contributed by atoms with E-state index in [1.165, 1.54) is 0 Å². The molecule has 0 radical (unpaired) electrons. The second-order valence-corrected chi connectivity index (χ2v) is 4.39. The van der Waals surface area contributed by atoms with Gasteiger partial charge in [0, 0.05) is 6.54 Å². The molecule has 0 spiro atoms. The minimum absolute atomic E-state index is 0.0809. The van der Waals surface area contributed by atoms with Gasteiger partial charge >= 0.3 is 5.97 Å². The van der Waals surface area contributed by atoms with Gasteiger partial charge in [-0.1, -0.05) is 12.1 Å². The zero-order valence-corrected chi connectivity index (χ0v) is 10.8. The summed E-state index contributed by atoms with van der Waals surface area (Å²) in [5.41, 5.74) is 1.77. The number of benzene rings is 1. The van der Waals surface area contributed by atoms with Crippen LogP contribution in [0.25, 0.3) is 0 Å². The summed E-state index contributed by atoms with van der Waals surface area (Å²) in [5, 5.41) is 2.69. The van der Waals surface area contributed by atoms with E-state index in [-0.39, 0.29) is 25.0 Å². The summed E-state index contributed by atoms with van der Waals surface area (Å²) in [7, 11) is 0. The number of nitrogens with zero attached hydrogens (tertiary/aromatic N) is 1. The Balaban J connectivity index is 2.16. The van der Waals surface area contributed by atoms with Crippen molar-refractivity contribution in [2.45, 2.75) is 6.92 Å². The van der Waals surface area contributed by atoms with Gasteiger partial charge in [-0.25, -0.2) is 4.79 Å². The highest BCUT2D eigenvalue weighted by molar-refractivity contribution is 5.89. The normalized spacial score (nSPS) is 13.5. The zero-order chi connectivity index (χ0) is 13.8. The second-order valence-electron chi connectivity index (χ2n) is 4.39. The third kappa shape index (κ3) is 3.13. The first-order valence-corrected chi connectivity index (χ1v) is 6.04. The van der Waals surface area contributed by atoms with Gasteiger partial charge in [0.2, 0.25) is 5.91 Å². The van der Waals surface area contributed by atoms with Crippen molar-refractivity contribution >= 4 is 17.6 Å². The Morgan fingerprint density at radius 1 is 1.58 bits per heavy atom. The number of aryl methyl sites for hydroxylation is 1. The molecule has 0 fully saturated rings. The number of esters is 1. The van der Waals surface area contributed by atoms with E-state index in [2.05, 4.69) is 11.9 Å². The third-order valence-corrected chi connectivity index (χ3v) is 2.78. The van der Waals surface area contributed by atoms with Gasteiger partial charge in [-0.15, -0.1) is 6.58 Å². The van der Waals surface area contributed by atoms with Crippen LogP contribution in [0.2, 0.25) is 0 Å². The summed E-state index contributed by atoms with van der Waals surface area (Å²) in [5.74, 6) is 0.00326. The molecule has 5 nitrogen and oxygen atoms in total. The Kier molecular flexibility index (Phi) is 3.85. The zero-order valence-electron chi connectivity index (χ0n) is 10.8. The van der Waals surface area contributed by atoms with Gasteiger partial charge in [-0.2, -0.15) is 0 Å². The fourth-order valence-corrected chi connectivity index (χ4v) is 1.92. The van der Waals surface area contributed by atoms with Crippen molar-refractivity contribution in [2.75, 3.05) is 24.5 Å². The van der Waals surface area contributed by atoms with E-state index >= 15 is 0 Å². The largest absolute Gasteiger partial charge is 0.423 e. The summed E-state index contributed by atoms with van der Waals surface area (Å²) in [6.07, 6.45) is 1.61. The highest BCUT2D eigenvalue weighted by Gasteiger charge is 2.25. The smallest absolute Gasteiger partial charge is 0.331 e. The van der Waals surface area contributed by atoms with Crippen molar-refractivity contribution in [1.29, 1.82) is 0 Å². The number of carbonyl (C=O) groups excluding carboxylic acids is 2. The van der Waals surface area contributed by atoms with Crippen LogP contribution in [0.1, 0.15) is 5.56 Å². The van der Waals surface area contributed by atoms with E-state index in [1.54, 1.807) is 17.0 Å². The second kappa shape index (κ2) is 5.56. The van der Waals surface area contributed by atoms with E-state index in [0.29, 0.717) is 12.3 Å². The molecule has 0 saturated heterocycles. The van der Waals surface area contributed by atoms with Crippen LogP contribution in [-0.2, 0) is 9.59 Å². The Bertz CT molecular complexity index is 525. The van der Waals surface area contributed by atoms with Crippen LogP contribution in [0.5, 0.6) is 5.75 Å². The molecule has 0 bridgehead atoms. The molecule has 1 N–H and O–H groups in total. The van der Waals surface area contributed by atoms with Gasteiger partial charge in [-0.05, 0) is 24.6 Å². The van der Waals surface area contributed by atoms with Gasteiger partial charge in [0.25, 0.3) is 0 Å². The van der Waals surface area contributed by atoms with Crippen LogP contribution in [0.15, 0.2) is 30.9 Å². The lowest BCUT2D eigenvalue weighted by Crippen LogP contribution is -2.43. The predicted octanol–water partition coefficient (Wildman–Crippen LogP) is 1.02. The van der Waals surface area contributed by atoms with E-state index < -0.39 is 0 Å². The molecule has 19 heavy (non-hydrogen) atoms. The third-order valence-electron chi connectivity index (χ3n) is 2.78. The number of fused-ring (bicyclic) bond motifs is 1. The average Bonchev–Trinajstić information content (AvgIpc) is 2.35. The van der Waals surface area contributed by atoms with Gasteiger partial charge < -0.3 is 15.0 Å². The van der Waals surface area contributed by atoms with Crippen LogP contribution < -0.4 is 15.0 Å².